The number of rotatable bonds is 7. The standard InChI is InChI=1S/C31H34N2O11/c1-14-26(35)18(32-41)10-21(43-14)44-20-12-31(40,15(2)34)11-17-23(20)30(39)25-24(28(17)37)27(36)16-6-5-7-19(22(16)29(25)38)42-13-33-8-3-4-9-33/h5-7,14,18,20-21,32,37,39-41H,3-4,8-13H2,1-2H3/t14?,18?,20-,21?,31-/m0/s1. The van der Waals surface area contributed by atoms with Crippen LogP contribution in [-0.4, -0.2) is 92.4 Å². The van der Waals surface area contributed by atoms with Crippen molar-refractivity contribution in [1.82, 2.24) is 10.4 Å². The highest BCUT2D eigenvalue weighted by Gasteiger charge is 2.49. The van der Waals surface area contributed by atoms with E-state index in [9.17, 15) is 39.7 Å². The Labute approximate surface area is 252 Å². The molecule has 0 amide bonds. The lowest BCUT2D eigenvalue weighted by Gasteiger charge is -2.41. The molecule has 0 spiro atoms. The fourth-order valence-electron chi connectivity index (χ4n) is 6.65. The van der Waals surface area contributed by atoms with Gasteiger partial charge >= 0.3 is 0 Å². The summed E-state index contributed by atoms with van der Waals surface area (Å²) in [5.41, 5.74) is -1.31. The van der Waals surface area contributed by atoms with Crippen molar-refractivity contribution in [2.45, 2.75) is 76.1 Å². The molecule has 0 radical (unpaired) electrons. The van der Waals surface area contributed by atoms with E-state index in [1.54, 1.807) is 12.1 Å². The van der Waals surface area contributed by atoms with Gasteiger partial charge in [-0.25, -0.2) is 0 Å². The number of hydrogen-bond acceptors (Lipinski definition) is 13. The Hall–Kier alpha value is -3.72. The van der Waals surface area contributed by atoms with Gasteiger partial charge in [0.05, 0.1) is 28.8 Å². The number of fused-ring (bicyclic) bond motifs is 3. The Morgan fingerprint density at radius 3 is 2.48 bits per heavy atom. The predicted molar refractivity (Wildman–Crippen MR) is 150 cm³/mol. The SMILES string of the molecule is CC(=O)[C@]1(O)Cc2c(O)c3c(c(O)c2[C@@H](OC2CC(NO)C(=O)C(C)O2)C1)C(=O)c1c(OCN2CCCC2)cccc1C3=O. The van der Waals surface area contributed by atoms with Crippen molar-refractivity contribution < 1.29 is 53.9 Å². The lowest BCUT2D eigenvalue weighted by atomic mass is 9.72. The zero-order chi connectivity index (χ0) is 31.5. The first-order chi connectivity index (χ1) is 20.9. The number of hydroxylamine groups is 1. The number of carbonyl (C=O) groups is 4. The van der Waals surface area contributed by atoms with E-state index in [2.05, 4.69) is 4.90 Å². The van der Waals surface area contributed by atoms with Crippen molar-refractivity contribution in [3.63, 3.8) is 0 Å². The molecule has 0 saturated carbocycles. The number of phenolic OH excluding ortho intramolecular Hbond substituents is 2. The molecular weight excluding hydrogens is 576 g/mol. The second-order valence-corrected chi connectivity index (χ2v) is 11.9. The summed E-state index contributed by atoms with van der Waals surface area (Å²) in [6.07, 6.45) is -2.39. The Balaban J connectivity index is 1.44. The monoisotopic (exact) mass is 610 g/mol. The minimum Gasteiger partial charge on any atom is -0.507 e. The highest BCUT2D eigenvalue weighted by molar-refractivity contribution is 6.31. The average Bonchev–Trinajstić information content (AvgIpc) is 3.51. The molecular formula is C31H34N2O11. The van der Waals surface area contributed by atoms with E-state index in [0.29, 0.717) is 0 Å². The molecule has 0 aromatic heterocycles. The molecule has 13 nitrogen and oxygen atoms in total. The van der Waals surface area contributed by atoms with Crippen LogP contribution in [0.25, 0.3) is 0 Å². The molecule has 2 heterocycles. The molecule has 234 valence electrons. The number of likely N-dealkylation sites (tertiary alicyclic amines) is 1. The van der Waals surface area contributed by atoms with Gasteiger partial charge < -0.3 is 34.7 Å². The molecule has 2 fully saturated rings. The fraction of sp³-hybridized carbons (Fsp3) is 0.484. The van der Waals surface area contributed by atoms with Crippen LogP contribution in [0.4, 0.5) is 0 Å². The zero-order valence-corrected chi connectivity index (χ0v) is 24.3. The number of benzene rings is 2. The molecule has 2 aromatic carbocycles. The maximum atomic E-state index is 14.1. The molecule has 5 atom stereocenters. The molecule has 4 aliphatic rings. The maximum Gasteiger partial charge on any atom is 0.202 e. The Kier molecular flexibility index (Phi) is 7.80. The molecule has 2 aliphatic heterocycles. The summed E-state index contributed by atoms with van der Waals surface area (Å²) >= 11 is 0. The van der Waals surface area contributed by atoms with E-state index in [-0.39, 0.29) is 47.6 Å². The number of nitrogens with one attached hydrogen (secondary N) is 1. The summed E-state index contributed by atoms with van der Waals surface area (Å²) in [4.78, 5) is 54.9. The fourth-order valence-corrected chi connectivity index (χ4v) is 6.65. The van der Waals surface area contributed by atoms with Gasteiger partial charge in [-0.1, -0.05) is 12.1 Å². The number of phenols is 2. The summed E-state index contributed by atoms with van der Waals surface area (Å²) in [7, 11) is 0. The lowest BCUT2D eigenvalue weighted by molar-refractivity contribution is -0.226. The van der Waals surface area contributed by atoms with Crippen LogP contribution in [0.1, 0.15) is 88.6 Å². The highest BCUT2D eigenvalue weighted by atomic mass is 16.7. The van der Waals surface area contributed by atoms with Gasteiger partial charge in [-0.15, -0.1) is 0 Å². The largest absolute Gasteiger partial charge is 0.507 e. The number of Topliss-reactive ketones (excluding diaryl/α,β-unsaturated/α-hetero) is 2. The van der Waals surface area contributed by atoms with Crippen LogP contribution < -0.4 is 10.2 Å². The lowest BCUT2D eigenvalue weighted by Crippen LogP contribution is -2.51. The third-order valence-electron chi connectivity index (χ3n) is 9.11. The van der Waals surface area contributed by atoms with E-state index in [1.807, 2.05) is 5.48 Å². The number of aromatic hydroxyl groups is 2. The van der Waals surface area contributed by atoms with Gasteiger partial charge in [0.2, 0.25) is 5.78 Å². The first-order valence-corrected chi connectivity index (χ1v) is 14.6. The molecule has 5 N–H and O–H groups in total. The van der Waals surface area contributed by atoms with Crippen LogP contribution in [0.3, 0.4) is 0 Å². The second-order valence-electron chi connectivity index (χ2n) is 11.9. The van der Waals surface area contributed by atoms with Gasteiger partial charge in [0.15, 0.2) is 23.6 Å². The Bertz CT molecular complexity index is 1570. The third-order valence-corrected chi connectivity index (χ3v) is 9.11. The second kappa shape index (κ2) is 11.3. The van der Waals surface area contributed by atoms with Crippen LogP contribution in [0.5, 0.6) is 17.2 Å². The zero-order valence-electron chi connectivity index (χ0n) is 24.3. The average molecular weight is 611 g/mol. The quantitative estimate of drug-likeness (QED) is 0.192. The normalized spacial score (nSPS) is 28.4. The van der Waals surface area contributed by atoms with Crippen molar-refractivity contribution in [2.24, 2.45) is 0 Å². The van der Waals surface area contributed by atoms with E-state index in [4.69, 9.17) is 14.2 Å². The van der Waals surface area contributed by atoms with E-state index in [0.717, 1.165) is 32.9 Å². The molecule has 13 heteroatoms. The third kappa shape index (κ3) is 4.89. The molecule has 2 saturated heterocycles. The summed E-state index contributed by atoms with van der Waals surface area (Å²) in [6, 6.07) is 3.53. The van der Waals surface area contributed by atoms with E-state index >= 15 is 0 Å². The molecule has 0 bridgehead atoms. The van der Waals surface area contributed by atoms with Gasteiger partial charge in [-0.2, -0.15) is 5.48 Å². The molecule has 44 heavy (non-hydrogen) atoms. The van der Waals surface area contributed by atoms with Crippen molar-refractivity contribution in [3.8, 4) is 17.2 Å². The topological polar surface area (TPSA) is 192 Å². The van der Waals surface area contributed by atoms with Crippen LogP contribution in [0.15, 0.2) is 18.2 Å². The molecule has 2 aliphatic carbocycles. The highest BCUT2D eigenvalue weighted by Crippen LogP contribution is 2.52. The van der Waals surface area contributed by atoms with Gasteiger partial charge in [0.25, 0.3) is 0 Å². The Morgan fingerprint density at radius 2 is 1.80 bits per heavy atom. The van der Waals surface area contributed by atoms with E-state index in [1.165, 1.54) is 13.0 Å². The first kappa shape index (κ1) is 30.3. The number of aliphatic hydroxyl groups is 1. The van der Waals surface area contributed by atoms with Gasteiger partial charge in [-0.3, -0.25) is 24.1 Å². The summed E-state index contributed by atoms with van der Waals surface area (Å²) in [5.74, 6) is -3.68. The number of hydrogen-bond donors (Lipinski definition) is 5. The van der Waals surface area contributed by atoms with Crippen LogP contribution >= 0.6 is 0 Å². The number of ether oxygens (including phenoxy) is 3. The van der Waals surface area contributed by atoms with E-state index < -0.39 is 82.3 Å². The van der Waals surface area contributed by atoms with Gasteiger partial charge in [-0.05, 0) is 32.8 Å². The molecule has 3 unspecified atom stereocenters. The first-order valence-electron chi connectivity index (χ1n) is 14.6. The van der Waals surface area contributed by atoms with Crippen molar-refractivity contribution in [1.29, 1.82) is 0 Å². The maximum absolute atomic E-state index is 14.1. The van der Waals surface area contributed by atoms with Crippen LogP contribution in [0, 0.1) is 0 Å². The smallest absolute Gasteiger partial charge is 0.202 e. The molecule has 2 aromatic rings. The van der Waals surface area contributed by atoms with Crippen LogP contribution in [-0.2, 0) is 25.5 Å². The van der Waals surface area contributed by atoms with Crippen LogP contribution in [0.2, 0.25) is 0 Å². The van der Waals surface area contributed by atoms with Gasteiger partial charge in [0.1, 0.15) is 35.7 Å². The summed E-state index contributed by atoms with van der Waals surface area (Å²) in [5, 5.41) is 44.0. The van der Waals surface area contributed by atoms with Crippen molar-refractivity contribution in [3.05, 3.63) is 51.6 Å². The minimum atomic E-state index is -2.06. The Morgan fingerprint density at radius 1 is 1.09 bits per heavy atom. The number of nitrogens with zero attached hydrogens (tertiary/aromatic N) is 1. The minimum absolute atomic E-state index is 0.0154. The predicted octanol–water partition coefficient (Wildman–Crippen LogP) is 1.68. The summed E-state index contributed by atoms with van der Waals surface area (Å²) < 4.78 is 17.7. The van der Waals surface area contributed by atoms with Crippen molar-refractivity contribution >= 4 is 23.1 Å². The number of carbonyl (C=O) groups excluding carboxylic acids is 4. The van der Waals surface area contributed by atoms with Gasteiger partial charge in [0, 0.05) is 49.0 Å². The molecule has 6 rings (SSSR count). The number of ketones is 4. The van der Waals surface area contributed by atoms with Crippen molar-refractivity contribution in [2.75, 3.05) is 19.8 Å². The summed E-state index contributed by atoms with van der Waals surface area (Å²) in [6.45, 7) is 4.51.